The highest BCUT2D eigenvalue weighted by Gasteiger charge is 2.51. The second-order valence-electron chi connectivity index (χ2n) is 8.43. The largest absolute Gasteiger partial charge is 0.491 e. The fourth-order valence-electron chi connectivity index (χ4n) is 5.30. The molecule has 0 spiro atoms. The van der Waals surface area contributed by atoms with E-state index in [4.69, 9.17) is 16.3 Å². The summed E-state index contributed by atoms with van der Waals surface area (Å²) in [6.07, 6.45) is 4.34. The molecule has 5 rings (SSSR count). The van der Waals surface area contributed by atoms with Crippen LogP contribution in [-0.4, -0.2) is 40.5 Å². The molecule has 2 aliphatic heterocycles. The van der Waals surface area contributed by atoms with Gasteiger partial charge in [0, 0.05) is 30.9 Å². The van der Waals surface area contributed by atoms with Crippen molar-refractivity contribution >= 4 is 23.4 Å². The maximum atomic E-state index is 14.1. The molecule has 3 heterocycles. The Bertz CT molecular complexity index is 1210. The molecule has 7 nitrogen and oxygen atoms in total. The predicted octanol–water partition coefficient (Wildman–Crippen LogP) is 2.73. The number of carbonyl (C=O) groups excluding carboxylic acids is 2. The quantitative estimate of drug-likeness (QED) is 0.707. The van der Waals surface area contributed by atoms with Gasteiger partial charge in [0.05, 0.1) is 13.2 Å². The molecule has 3 aliphatic rings. The van der Waals surface area contributed by atoms with Crippen LogP contribution in [0.1, 0.15) is 45.7 Å². The second-order valence-corrected chi connectivity index (χ2v) is 8.81. The number of piperidine rings is 1. The van der Waals surface area contributed by atoms with Crippen molar-refractivity contribution in [3.05, 3.63) is 62.0 Å². The summed E-state index contributed by atoms with van der Waals surface area (Å²) in [5, 5.41) is 1.80. The number of methoxy groups -OCH3 is 1. The van der Waals surface area contributed by atoms with Gasteiger partial charge in [0.15, 0.2) is 11.4 Å². The summed E-state index contributed by atoms with van der Waals surface area (Å²) in [5.41, 5.74) is -0.814. The number of amides is 2. The highest BCUT2D eigenvalue weighted by Crippen LogP contribution is 2.46. The number of ether oxygens (including phenoxy) is 1. The van der Waals surface area contributed by atoms with Gasteiger partial charge in [-0.1, -0.05) is 17.7 Å². The molecule has 0 radical (unpaired) electrons. The zero-order valence-corrected chi connectivity index (χ0v) is 17.9. The Morgan fingerprint density at radius 1 is 1.28 bits per heavy atom. The molecule has 1 N–H and O–H groups in total. The summed E-state index contributed by atoms with van der Waals surface area (Å²) in [5.74, 6) is -2.67. The number of nitrogens with one attached hydrogen (secondary N) is 1. The molecule has 1 saturated carbocycles. The minimum Gasteiger partial charge on any atom is -0.491 e. The molecule has 2 bridgehead atoms. The molecule has 0 unspecified atom stereocenters. The van der Waals surface area contributed by atoms with Gasteiger partial charge in [0.25, 0.3) is 11.8 Å². The van der Waals surface area contributed by atoms with Gasteiger partial charge in [-0.25, -0.2) is 8.78 Å². The molecule has 1 aromatic heterocycles. The van der Waals surface area contributed by atoms with E-state index >= 15 is 0 Å². The minimum absolute atomic E-state index is 0.0254. The Kier molecular flexibility index (Phi) is 4.96. The fraction of sp³-hybridized carbons (Fsp3) is 0.409. The summed E-state index contributed by atoms with van der Waals surface area (Å²) in [7, 11) is 1.28. The lowest BCUT2D eigenvalue weighted by Crippen LogP contribution is -2.52. The zero-order chi connectivity index (χ0) is 22.7. The van der Waals surface area contributed by atoms with Gasteiger partial charge < -0.3 is 19.5 Å². The average molecular weight is 464 g/mol. The minimum atomic E-state index is -0.978. The van der Waals surface area contributed by atoms with Crippen LogP contribution < -0.4 is 15.5 Å². The first kappa shape index (κ1) is 20.9. The van der Waals surface area contributed by atoms with Gasteiger partial charge in [-0.2, -0.15) is 0 Å². The maximum absolute atomic E-state index is 14.1. The van der Waals surface area contributed by atoms with E-state index in [1.807, 2.05) is 4.90 Å². The number of halogens is 3. The van der Waals surface area contributed by atoms with Crippen LogP contribution in [0.5, 0.6) is 5.75 Å². The van der Waals surface area contributed by atoms with E-state index in [2.05, 4.69) is 5.32 Å². The van der Waals surface area contributed by atoms with Crippen molar-refractivity contribution in [3.63, 3.8) is 0 Å². The molecular formula is C22H20ClF2N3O4. The molecular weight excluding hydrogens is 444 g/mol. The van der Waals surface area contributed by atoms with Gasteiger partial charge in [-0.3, -0.25) is 14.4 Å². The van der Waals surface area contributed by atoms with Crippen LogP contribution in [0, 0.1) is 17.6 Å². The maximum Gasteiger partial charge on any atom is 0.275 e. The van der Waals surface area contributed by atoms with Crippen molar-refractivity contribution in [2.75, 3.05) is 7.11 Å². The zero-order valence-electron chi connectivity index (χ0n) is 17.2. The summed E-state index contributed by atoms with van der Waals surface area (Å²) < 4.78 is 34.4. The number of nitrogens with zero attached hydrogens (tertiary/aromatic N) is 2. The number of fused-ring (bicyclic) bond motifs is 6. The number of hydrogen-bond donors (Lipinski definition) is 1. The molecule has 3 atom stereocenters. The molecule has 10 heteroatoms. The summed E-state index contributed by atoms with van der Waals surface area (Å²) >= 11 is 5.58. The highest BCUT2D eigenvalue weighted by atomic mass is 35.5. The van der Waals surface area contributed by atoms with Gasteiger partial charge in [-0.15, -0.1) is 0 Å². The monoisotopic (exact) mass is 463 g/mol. The molecule has 1 aliphatic carbocycles. The van der Waals surface area contributed by atoms with E-state index in [-0.39, 0.29) is 47.1 Å². The number of rotatable bonds is 4. The lowest BCUT2D eigenvalue weighted by molar-refractivity contribution is 0.0481. The van der Waals surface area contributed by atoms with Crippen molar-refractivity contribution in [2.45, 2.75) is 44.4 Å². The Labute approximate surface area is 186 Å². The third kappa shape index (κ3) is 3.02. The Hall–Kier alpha value is -2.94. The number of carbonyl (C=O) groups is 2. The number of benzene rings is 1. The predicted molar refractivity (Wildman–Crippen MR) is 111 cm³/mol. The van der Waals surface area contributed by atoms with Crippen LogP contribution in [0.3, 0.4) is 0 Å². The second kappa shape index (κ2) is 7.58. The van der Waals surface area contributed by atoms with E-state index < -0.39 is 28.0 Å². The van der Waals surface area contributed by atoms with Crippen LogP contribution in [0.15, 0.2) is 23.1 Å². The molecule has 1 saturated heterocycles. The molecule has 168 valence electrons. The molecule has 2 amide bonds. The van der Waals surface area contributed by atoms with Crippen molar-refractivity contribution in [2.24, 2.45) is 5.92 Å². The lowest BCUT2D eigenvalue weighted by atomic mass is 9.95. The smallest absolute Gasteiger partial charge is 0.275 e. The Balaban J connectivity index is 1.46. The van der Waals surface area contributed by atoms with Crippen molar-refractivity contribution in [1.82, 2.24) is 14.8 Å². The van der Waals surface area contributed by atoms with Crippen LogP contribution >= 0.6 is 11.6 Å². The van der Waals surface area contributed by atoms with Crippen molar-refractivity contribution in [3.8, 4) is 5.75 Å². The van der Waals surface area contributed by atoms with Crippen LogP contribution in [-0.2, 0) is 13.1 Å². The van der Waals surface area contributed by atoms with Crippen molar-refractivity contribution in [1.29, 1.82) is 0 Å². The first-order chi connectivity index (χ1) is 15.3. The van der Waals surface area contributed by atoms with Crippen molar-refractivity contribution < 1.29 is 23.1 Å². The van der Waals surface area contributed by atoms with Crippen LogP contribution in [0.2, 0.25) is 5.02 Å². The number of aromatic nitrogens is 1. The topological polar surface area (TPSA) is 80.6 Å². The summed E-state index contributed by atoms with van der Waals surface area (Å²) in [6.45, 7) is 0.175. The first-order valence-corrected chi connectivity index (χ1v) is 10.7. The molecule has 2 fully saturated rings. The SMILES string of the molecule is COc1c2n(cc(C(=O)NCc3ccc(F)c(Cl)c3F)c1=O)C[C@H]1[C@@H]3CC[C@@H](C3)N1C2=O. The third-order valence-corrected chi connectivity index (χ3v) is 7.15. The van der Waals surface area contributed by atoms with E-state index in [9.17, 15) is 23.2 Å². The van der Waals surface area contributed by atoms with E-state index in [1.54, 1.807) is 4.57 Å². The third-order valence-electron chi connectivity index (χ3n) is 6.80. The van der Waals surface area contributed by atoms with E-state index in [0.29, 0.717) is 12.5 Å². The Morgan fingerprint density at radius 3 is 2.81 bits per heavy atom. The van der Waals surface area contributed by atoms with Gasteiger partial charge in [-0.05, 0) is 31.2 Å². The summed E-state index contributed by atoms with van der Waals surface area (Å²) in [4.78, 5) is 40.8. The Morgan fingerprint density at radius 2 is 2.06 bits per heavy atom. The van der Waals surface area contributed by atoms with Crippen LogP contribution in [0.25, 0.3) is 0 Å². The normalized spacial score (nSPS) is 23.2. The lowest BCUT2D eigenvalue weighted by Gasteiger charge is -2.40. The standard InChI is InChI=1S/C22H20ClF2N3O4/c1-32-20-18-22(31)28-12-4-2-10(6-12)15(28)9-27(18)8-13(19(20)29)21(30)26-7-11-3-5-14(24)16(23)17(11)25/h3,5,8,10,12,15H,2,4,6-7,9H2,1H3,(H,26,30)/t10-,12+,15+/m1/s1. The van der Waals surface area contributed by atoms with Gasteiger partial charge in [0.1, 0.15) is 22.2 Å². The molecule has 32 heavy (non-hydrogen) atoms. The van der Waals surface area contributed by atoms with E-state index in [1.165, 1.54) is 19.4 Å². The highest BCUT2D eigenvalue weighted by molar-refractivity contribution is 6.30. The summed E-state index contributed by atoms with van der Waals surface area (Å²) in [6, 6.07) is 2.38. The van der Waals surface area contributed by atoms with Crippen LogP contribution in [0.4, 0.5) is 8.78 Å². The first-order valence-electron chi connectivity index (χ1n) is 10.4. The molecule has 1 aromatic carbocycles. The number of hydrogen-bond acceptors (Lipinski definition) is 4. The number of pyridine rings is 1. The fourth-order valence-corrected chi connectivity index (χ4v) is 5.48. The molecule has 2 aromatic rings. The van der Waals surface area contributed by atoms with Gasteiger partial charge >= 0.3 is 0 Å². The van der Waals surface area contributed by atoms with Gasteiger partial charge in [0.2, 0.25) is 5.43 Å². The van der Waals surface area contributed by atoms with E-state index in [0.717, 1.165) is 25.3 Å². The average Bonchev–Trinajstić information content (AvgIpc) is 3.39.